The Hall–Kier alpha value is -2.05. The fourth-order valence-corrected chi connectivity index (χ4v) is 3.07. The summed E-state index contributed by atoms with van der Waals surface area (Å²) in [6.45, 7) is 1.37. The van der Waals surface area contributed by atoms with E-state index in [1.54, 1.807) is 24.3 Å². The van der Waals surface area contributed by atoms with E-state index in [1.165, 1.54) is 31.2 Å². The minimum absolute atomic E-state index is 0.145. The third-order valence-corrected chi connectivity index (χ3v) is 4.28. The first kappa shape index (κ1) is 15.3. The second-order valence-corrected chi connectivity index (χ2v) is 6.38. The standard InChI is InChI=1S/C14H13ClN2O3S/c1-10(18)16-11-7-8-14(13(15)9-11)17-21(19,20)12-5-3-2-4-6-12/h2-9,17H,1H3,(H,16,18). The second-order valence-electron chi connectivity index (χ2n) is 4.29. The van der Waals surface area contributed by atoms with Crippen molar-refractivity contribution in [1.82, 2.24) is 0 Å². The summed E-state index contributed by atoms with van der Waals surface area (Å²) < 4.78 is 26.8. The van der Waals surface area contributed by atoms with Crippen LogP contribution in [0.2, 0.25) is 5.02 Å². The van der Waals surface area contributed by atoms with Crippen LogP contribution >= 0.6 is 11.6 Å². The number of carbonyl (C=O) groups is 1. The molecule has 2 N–H and O–H groups in total. The van der Waals surface area contributed by atoms with Crippen molar-refractivity contribution in [2.45, 2.75) is 11.8 Å². The van der Waals surface area contributed by atoms with Gasteiger partial charge in [0, 0.05) is 12.6 Å². The van der Waals surface area contributed by atoms with Gasteiger partial charge < -0.3 is 5.32 Å². The minimum atomic E-state index is -3.69. The third-order valence-electron chi connectivity index (χ3n) is 2.59. The van der Waals surface area contributed by atoms with E-state index < -0.39 is 10.0 Å². The van der Waals surface area contributed by atoms with Gasteiger partial charge in [0.25, 0.3) is 10.0 Å². The van der Waals surface area contributed by atoms with Crippen LogP contribution in [-0.4, -0.2) is 14.3 Å². The van der Waals surface area contributed by atoms with E-state index in [9.17, 15) is 13.2 Å². The fraction of sp³-hybridized carbons (Fsp3) is 0.0714. The van der Waals surface area contributed by atoms with E-state index in [-0.39, 0.29) is 21.5 Å². The van der Waals surface area contributed by atoms with Crippen LogP contribution in [0.4, 0.5) is 11.4 Å². The summed E-state index contributed by atoms with van der Waals surface area (Å²) in [5.41, 5.74) is 0.741. The van der Waals surface area contributed by atoms with E-state index in [0.717, 1.165) is 0 Å². The van der Waals surface area contributed by atoms with Gasteiger partial charge in [-0.05, 0) is 30.3 Å². The maximum Gasteiger partial charge on any atom is 0.261 e. The summed E-state index contributed by atoms with van der Waals surface area (Å²) in [5, 5.41) is 2.76. The zero-order valence-electron chi connectivity index (χ0n) is 11.1. The van der Waals surface area contributed by atoms with E-state index in [4.69, 9.17) is 11.6 Å². The van der Waals surface area contributed by atoms with E-state index in [1.807, 2.05) is 0 Å². The van der Waals surface area contributed by atoms with Crippen molar-refractivity contribution < 1.29 is 13.2 Å². The van der Waals surface area contributed by atoms with Crippen molar-refractivity contribution in [3.8, 4) is 0 Å². The number of amides is 1. The summed E-state index contributed by atoms with van der Waals surface area (Å²) in [7, 11) is -3.69. The number of nitrogens with one attached hydrogen (secondary N) is 2. The molecule has 5 nitrogen and oxygen atoms in total. The minimum Gasteiger partial charge on any atom is -0.326 e. The molecule has 2 rings (SSSR count). The Balaban J connectivity index is 2.26. The van der Waals surface area contributed by atoms with Gasteiger partial charge in [-0.1, -0.05) is 29.8 Å². The van der Waals surface area contributed by atoms with Gasteiger partial charge in [0.15, 0.2) is 0 Å². The zero-order chi connectivity index (χ0) is 15.5. The average Bonchev–Trinajstić information content (AvgIpc) is 2.42. The molecule has 0 atom stereocenters. The molecule has 0 aliphatic heterocycles. The highest BCUT2D eigenvalue weighted by Crippen LogP contribution is 2.27. The van der Waals surface area contributed by atoms with Crippen molar-refractivity contribution in [2.75, 3.05) is 10.0 Å². The van der Waals surface area contributed by atoms with Crippen LogP contribution in [-0.2, 0) is 14.8 Å². The molecule has 2 aromatic carbocycles. The van der Waals surface area contributed by atoms with Crippen LogP contribution in [0.15, 0.2) is 53.4 Å². The number of anilines is 2. The van der Waals surface area contributed by atoms with E-state index in [0.29, 0.717) is 5.69 Å². The number of rotatable bonds is 4. The van der Waals surface area contributed by atoms with Crippen molar-refractivity contribution in [1.29, 1.82) is 0 Å². The number of sulfonamides is 1. The molecular formula is C14H13ClN2O3S. The first-order valence-electron chi connectivity index (χ1n) is 6.03. The smallest absolute Gasteiger partial charge is 0.261 e. The van der Waals surface area contributed by atoms with Crippen LogP contribution in [0.25, 0.3) is 0 Å². The lowest BCUT2D eigenvalue weighted by molar-refractivity contribution is -0.114. The summed E-state index contributed by atoms with van der Waals surface area (Å²) in [6, 6.07) is 12.5. The molecule has 0 bridgehead atoms. The Morgan fingerprint density at radius 2 is 1.76 bits per heavy atom. The van der Waals surface area contributed by atoms with Crippen molar-refractivity contribution in [3.05, 3.63) is 53.6 Å². The average molecular weight is 325 g/mol. The molecule has 0 radical (unpaired) electrons. The molecule has 0 unspecified atom stereocenters. The van der Waals surface area contributed by atoms with Gasteiger partial charge in [-0.15, -0.1) is 0 Å². The molecule has 110 valence electrons. The van der Waals surface area contributed by atoms with E-state index in [2.05, 4.69) is 10.0 Å². The normalized spacial score (nSPS) is 11.0. The van der Waals surface area contributed by atoms with Crippen molar-refractivity contribution in [2.24, 2.45) is 0 Å². The summed E-state index contributed by atoms with van der Waals surface area (Å²) in [4.78, 5) is 11.1. The molecule has 7 heteroatoms. The number of hydrogen-bond donors (Lipinski definition) is 2. The fourth-order valence-electron chi connectivity index (χ4n) is 1.68. The van der Waals surface area contributed by atoms with Gasteiger partial charge in [-0.3, -0.25) is 9.52 Å². The van der Waals surface area contributed by atoms with Gasteiger partial charge in [-0.25, -0.2) is 8.42 Å². The summed E-state index contributed by atoms with van der Waals surface area (Å²) in [5.74, 6) is -0.233. The lowest BCUT2D eigenvalue weighted by Crippen LogP contribution is -2.13. The molecule has 2 aromatic rings. The molecular weight excluding hydrogens is 312 g/mol. The number of halogens is 1. The predicted molar refractivity (Wildman–Crippen MR) is 83.0 cm³/mol. The molecule has 0 heterocycles. The van der Waals surface area contributed by atoms with Crippen molar-refractivity contribution >= 4 is 38.9 Å². The largest absolute Gasteiger partial charge is 0.326 e. The van der Waals surface area contributed by atoms with Gasteiger partial charge in [0.1, 0.15) is 0 Å². The molecule has 21 heavy (non-hydrogen) atoms. The topological polar surface area (TPSA) is 75.3 Å². The van der Waals surface area contributed by atoms with Gasteiger partial charge in [-0.2, -0.15) is 0 Å². The van der Waals surface area contributed by atoms with Crippen molar-refractivity contribution in [3.63, 3.8) is 0 Å². The Kier molecular flexibility index (Phi) is 4.50. The summed E-state index contributed by atoms with van der Waals surface area (Å²) in [6.07, 6.45) is 0. The molecule has 0 aliphatic carbocycles. The highest BCUT2D eigenvalue weighted by atomic mass is 35.5. The highest BCUT2D eigenvalue weighted by molar-refractivity contribution is 7.92. The molecule has 0 spiro atoms. The lowest BCUT2D eigenvalue weighted by atomic mass is 10.3. The molecule has 1 amide bonds. The lowest BCUT2D eigenvalue weighted by Gasteiger charge is -2.11. The highest BCUT2D eigenvalue weighted by Gasteiger charge is 2.15. The zero-order valence-corrected chi connectivity index (χ0v) is 12.7. The Bertz CT molecular complexity index is 761. The number of carbonyl (C=O) groups excluding carboxylic acids is 1. The van der Waals surface area contributed by atoms with Gasteiger partial charge in [0.05, 0.1) is 15.6 Å². The quantitative estimate of drug-likeness (QED) is 0.907. The maximum atomic E-state index is 12.2. The van der Waals surface area contributed by atoms with Gasteiger partial charge in [0.2, 0.25) is 5.91 Å². The third kappa shape index (κ3) is 3.96. The number of hydrogen-bond acceptors (Lipinski definition) is 3. The Morgan fingerprint density at radius 3 is 2.33 bits per heavy atom. The predicted octanol–water partition coefficient (Wildman–Crippen LogP) is 3.10. The molecule has 0 aromatic heterocycles. The van der Waals surface area contributed by atoms with Crippen LogP contribution in [0.5, 0.6) is 0 Å². The molecule has 0 aliphatic rings. The first-order valence-corrected chi connectivity index (χ1v) is 7.89. The molecule has 0 saturated heterocycles. The number of benzene rings is 2. The Morgan fingerprint density at radius 1 is 1.10 bits per heavy atom. The molecule has 0 fully saturated rings. The van der Waals surface area contributed by atoms with E-state index >= 15 is 0 Å². The second kappa shape index (κ2) is 6.15. The van der Waals surface area contributed by atoms with Gasteiger partial charge >= 0.3 is 0 Å². The monoisotopic (exact) mass is 324 g/mol. The Labute approximate surface area is 128 Å². The summed E-state index contributed by atoms with van der Waals surface area (Å²) >= 11 is 6.03. The van der Waals surface area contributed by atoms with Crippen LogP contribution in [0.1, 0.15) is 6.92 Å². The van der Waals surface area contributed by atoms with Crippen LogP contribution < -0.4 is 10.0 Å². The van der Waals surface area contributed by atoms with Crippen LogP contribution in [0, 0.1) is 0 Å². The molecule has 0 saturated carbocycles. The van der Waals surface area contributed by atoms with Crippen LogP contribution in [0.3, 0.4) is 0 Å². The first-order chi connectivity index (χ1) is 9.88. The maximum absolute atomic E-state index is 12.2. The SMILES string of the molecule is CC(=O)Nc1ccc(NS(=O)(=O)c2ccccc2)c(Cl)c1.